The van der Waals surface area contributed by atoms with Crippen LogP contribution in [0.3, 0.4) is 0 Å². The predicted octanol–water partition coefficient (Wildman–Crippen LogP) is 2.21. The Morgan fingerprint density at radius 1 is 1.25 bits per heavy atom. The molecule has 1 amide bonds. The first kappa shape index (κ1) is 16.3. The van der Waals surface area contributed by atoms with Gasteiger partial charge in [-0.05, 0) is 42.7 Å². The fourth-order valence-electron chi connectivity index (χ4n) is 3.04. The molecule has 0 aliphatic carbocycles. The van der Waals surface area contributed by atoms with Gasteiger partial charge in [-0.2, -0.15) is 0 Å². The lowest BCUT2D eigenvalue weighted by atomic mass is 9.97. The molecule has 1 heterocycles. The number of hydrogen-bond donors (Lipinski definition) is 2. The van der Waals surface area contributed by atoms with Gasteiger partial charge < -0.3 is 20.5 Å². The highest BCUT2D eigenvalue weighted by molar-refractivity contribution is 6.00. The molecule has 2 aromatic rings. The Morgan fingerprint density at radius 2 is 2.04 bits per heavy atom. The number of nitrogens with zero attached hydrogens (tertiary/aromatic N) is 1. The number of β-amino-alcohol motifs (C(OH)–C–C–N with tert-alkyl or cyclic N) is 1. The minimum atomic E-state index is -0.619. The Hall–Kier alpha value is -2.53. The molecular formula is C19H22N2O3. The van der Waals surface area contributed by atoms with Crippen LogP contribution in [0.5, 0.6) is 5.75 Å². The van der Waals surface area contributed by atoms with E-state index in [0.29, 0.717) is 23.5 Å². The number of fused-ring (bicyclic) bond motifs is 1. The van der Waals surface area contributed by atoms with Crippen LogP contribution in [0.25, 0.3) is 0 Å². The summed E-state index contributed by atoms with van der Waals surface area (Å²) in [5.74, 6) is 0.445. The zero-order valence-corrected chi connectivity index (χ0v) is 14.0. The van der Waals surface area contributed by atoms with Crippen LogP contribution in [0.2, 0.25) is 0 Å². The summed E-state index contributed by atoms with van der Waals surface area (Å²) in [7, 11) is 0. The third kappa shape index (κ3) is 2.95. The van der Waals surface area contributed by atoms with Gasteiger partial charge in [0.25, 0.3) is 5.91 Å². The van der Waals surface area contributed by atoms with Crippen molar-refractivity contribution in [2.75, 3.05) is 23.8 Å². The summed E-state index contributed by atoms with van der Waals surface area (Å²) in [5, 5.41) is 9.31. The Labute approximate surface area is 141 Å². The molecule has 0 saturated heterocycles. The maximum absolute atomic E-state index is 12.8. The molecule has 0 radical (unpaired) electrons. The number of anilines is 2. The molecule has 3 rings (SSSR count). The fourth-order valence-corrected chi connectivity index (χ4v) is 3.04. The van der Waals surface area contributed by atoms with Gasteiger partial charge in [0.15, 0.2) is 6.10 Å². The highest BCUT2D eigenvalue weighted by Gasteiger charge is 2.34. The van der Waals surface area contributed by atoms with Crippen molar-refractivity contribution in [1.82, 2.24) is 0 Å². The molecule has 1 aliphatic rings. The van der Waals surface area contributed by atoms with Crippen LogP contribution in [-0.2, 0) is 11.2 Å². The van der Waals surface area contributed by atoms with Crippen LogP contribution in [0, 0.1) is 13.8 Å². The van der Waals surface area contributed by atoms with Gasteiger partial charge in [-0.25, -0.2) is 0 Å². The second kappa shape index (κ2) is 6.53. The van der Waals surface area contributed by atoms with Crippen molar-refractivity contribution in [3.8, 4) is 5.75 Å². The molecule has 3 N–H and O–H groups in total. The fraction of sp³-hybridized carbons (Fsp3) is 0.316. The van der Waals surface area contributed by atoms with Gasteiger partial charge in [0, 0.05) is 24.7 Å². The lowest BCUT2D eigenvalue weighted by Crippen LogP contribution is -2.48. The van der Waals surface area contributed by atoms with Crippen LogP contribution < -0.4 is 15.4 Å². The molecule has 0 saturated carbocycles. The summed E-state index contributed by atoms with van der Waals surface area (Å²) in [6, 6.07) is 11.3. The normalized spacial score (nSPS) is 16.7. The maximum Gasteiger partial charge on any atom is 0.268 e. The molecule has 0 bridgehead atoms. The average Bonchev–Trinajstić information content (AvgIpc) is 2.55. The summed E-state index contributed by atoms with van der Waals surface area (Å²) in [4.78, 5) is 14.4. The molecule has 24 heavy (non-hydrogen) atoms. The van der Waals surface area contributed by atoms with E-state index in [9.17, 15) is 9.90 Å². The summed E-state index contributed by atoms with van der Waals surface area (Å²) in [6.45, 7) is 4.24. The number of benzene rings is 2. The van der Waals surface area contributed by atoms with Gasteiger partial charge in [-0.3, -0.25) is 4.79 Å². The number of rotatable bonds is 4. The molecule has 1 atom stereocenters. The van der Waals surface area contributed by atoms with Gasteiger partial charge >= 0.3 is 0 Å². The Balaban J connectivity index is 1.94. The third-order valence-electron chi connectivity index (χ3n) is 4.53. The lowest BCUT2D eigenvalue weighted by Gasteiger charge is -2.34. The number of carbonyl (C=O) groups excluding carboxylic acids is 1. The first-order valence-corrected chi connectivity index (χ1v) is 8.04. The monoisotopic (exact) mass is 326 g/mol. The number of nitrogens with two attached hydrogens (primary N) is 1. The van der Waals surface area contributed by atoms with E-state index in [1.54, 1.807) is 23.1 Å². The van der Waals surface area contributed by atoms with Crippen molar-refractivity contribution >= 4 is 17.3 Å². The molecule has 2 aromatic carbocycles. The van der Waals surface area contributed by atoms with E-state index in [1.807, 2.05) is 12.1 Å². The molecule has 5 nitrogen and oxygen atoms in total. The minimum absolute atomic E-state index is 0.105. The third-order valence-corrected chi connectivity index (χ3v) is 4.53. The quantitative estimate of drug-likeness (QED) is 0.845. The molecule has 0 spiro atoms. The van der Waals surface area contributed by atoms with Crippen LogP contribution in [-0.4, -0.2) is 30.3 Å². The van der Waals surface area contributed by atoms with E-state index in [2.05, 4.69) is 19.9 Å². The first-order valence-electron chi connectivity index (χ1n) is 8.04. The second-order valence-corrected chi connectivity index (χ2v) is 6.11. The molecule has 126 valence electrons. The Morgan fingerprint density at radius 3 is 2.79 bits per heavy atom. The summed E-state index contributed by atoms with van der Waals surface area (Å²) in [6.07, 6.45) is -0.131. The minimum Gasteiger partial charge on any atom is -0.478 e. The summed E-state index contributed by atoms with van der Waals surface area (Å²) >= 11 is 0. The highest BCUT2D eigenvalue weighted by atomic mass is 16.5. The van der Waals surface area contributed by atoms with Crippen LogP contribution in [0.1, 0.15) is 16.7 Å². The molecule has 0 aromatic heterocycles. The summed E-state index contributed by atoms with van der Waals surface area (Å²) < 4.78 is 5.95. The van der Waals surface area contributed by atoms with Crippen molar-refractivity contribution in [2.24, 2.45) is 0 Å². The SMILES string of the molecule is Cc1cccc(CC2Oc3cc(N)ccc3N(CCO)C2=O)c1C. The van der Waals surface area contributed by atoms with E-state index < -0.39 is 6.10 Å². The summed E-state index contributed by atoms with van der Waals surface area (Å²) in [5.41, 5.74) is 10.5. The number of aliphatic hydroxyl groups is 1. The van der Waals surface area contributed by atoms with Gasteiger partial charge in [0.1, 0.15) is 5.75 Å². The topological polar surface area (TPSA) is 75.8 Å². The molecule has 1 aliphatic heterocycles. The van der Waals surface area contributed by atoms with Crippen molar-refractivity contribution in [3.63, 3.8) is 0 Å². The van der Waals surface area contributed by atoms with Crippen LogP contribution in [0.15, 0.2) is 36.4 Å². The Kier molecular flexibility index (Phi) is 4.44. The largest absolute Gasteiger partial charge is 0.478 e. The van der Waals surface area contributed by atoms with Crippen molar-refractivity contribution in [1.29, 1.82) is 0 Å². The molecule has 0 fully saturated rings. The molecule has 1 unspecified atom stereocenters. The van der Waals surface area contributed by atoms with Crippen LogP contribution in [0.4, 0.5) is 11.4 Å². The highest BCUT2D eigenvalue weighted by Crippen LogP contribution is 2.36. The van der Waals surface area contributed by atoms with E-state index in [0.717, 1.165) is 5.56 Å². The second-order valence-electron chi connectivity index (χ2n) is 6.11. The lowest BCUT2D eigenvalue weighted by molar-refractivity contribution is -0.126. The number of nitrogen functional groups attached to an aromatic ring is 1. The predicted molar refractivity (Wildman–Crippen MR) is 94.3 cm³/mol. The standard InChI is InChI=1S/C19H22N2O3/c1-12-4-3-5-14(13(12)2)10-18-19(23)21(8-9-22)16-7-6-15(20)11-17(16)24-18/h3-7,11,18,22H,8-10,20H2,1-2H3. The first-order chi connectivity index (χ1) is 11.5. The van der Waals surface area contributed by atoms with E-state index >= 15 is 0 Å². The molecule has 5 heteroatoms. The van der Waals surface area contributed by atoms with E-state index in [4.69, 9.17) is 10.5 Å². The average molecular weight is 326 g/mol. The van der Waals surface area contributed by atoms with E-state index in [-0.39, 0.29) is 19.1 Å². The number of carbonyl (C=O) groups is 1. The maximum atomic E-state index is 12.8. The Bertz CT molecular complexity index is 773. The number of amides is 1. The number of ether oxygens (including phenoxy) is 1. The number of aryl methyl sites for hydroxylation is 1. The van der Waals surface area contributed by atoms with Crippen molar-refractivity contribution in [2.45, 2.75) is 26.4 Å². The number of hydrogen-bond acceptors (Lipinski definition) is 4. The molecular weight excluding hydrogens is 304 g/mol. The van der Waals surface area contributed by atoms with Crippen molar-refractivity contribution in [3.05, 3.63) is 53.1 Å². The van der Waals surface area contributed by atoms with Crippen LogP contribution >= 0.6 is 0 Å². The van der Waals surface area contributed by atoms with E-state index in [1.165, 1.54) is 11.1 Å². The van der Waals surface area contributed by atoms with Gasteiger partial charge in [0.05, 0.1) is 12.3 Å². The van der Waals surface area contributed by atoms with Gasteiger partial charge in [-0.15, -0.1) is 0 Å². The van der Waals surface area contributed by atoms with Gasteiger partial charge in [-0.1, -0.05) is 18.2 Å². The zero-order chi connectivity index (χ0) is 17.3. The smallest absolute Gasteiger partial charge is 0.268 e. The van der Waals surface area contributed by atoms with Gasteiger partial charge in [0.2, 0.25) is 0 Å². The number of aliphatic hydroxyl groups excluding tert-OH is 1. The zero-order valence-electron chi connectivity index (χ0n) is 14.0. The van der Waals surface area contributed by atoms with Crippen molar-refractivity contribution < 1.29 is 14.6 Å².